The molecule has 0 rings (SSSR count). The van der Waals surface area contributed by atoms with Crippen LogP contribution in [0.1, 0.15) is 91.9 Å². The first-order valence-electron chi connectivity index (χ1n) is 8.14. The van der Waals surface area contributed by atoms with Gasteiger partial charge in [0.15, 0.2) is 0 Å². The minimum absolute atomic E-state index is 0.460. The second kappa shape index (κ2) is 12.0. The summed E-state index contributed by atoms with van der Waals surface area (Å²) in [7, 11) is 0. The summed E-state index contributed by atoms with van der Waals surface area (Å²) >= 11 is 0. The van der Waals surface area contributed by atoms with Crippen LogP contribution >= 0.6 is 0 Å². The van der Waals surface area contributed by atoms with Crippen LogP contribution in [-0.4, -0.2) is 13.2 Å². The fourth-order valence-electron chi connectivity index (χ4n) is 2.14. The summed E-state index contributed by atoms with van der Waals surface area (Å²) < 4.78 is 5.67. The smallest absolute Gasteiger partial charge is 0.0466 e. The molecule has 0 aromatic heterocycles. The van der Waals surface area contributed by atoms with Crippen LogP contribution in [0, 0.1) is 5.41 Å². The van der Waals surface area contributed by atoms with Gasteiger partial charge in [0.05, 0.1) is 0 Å². The van der Waals surface area contributed by atoms with E-state index in [0.29, 0.717) is 5.41 Å². The Morgan fingerprint density at radius 1 is 0.667 bits per heavy atom. The molecule has 1 nitrogen and oxygen atoms in total. The van der Waals surface area contributed by atoms with Gasteiger partial charge in [-0.15, -0.1) is 0 Å². The maximum atomic E-state index is 5.67. The van der Waals surface area contributed by atoms with Gasteiger partial charge in [0.25, 0.3) is 0 Å². The number of hydrogen-bond acceptors (Lipinski definition) is 1. The van der Waals surface area contributed by atoms with Gasteiger partial charge in [-0.2, -0.15) is 0 Å². The zero-order chi connectivity index (χ0) is 13.7. The van der Waals surface area contributed by atoms with Gasteiger partial charge in [-0.05, 0) is 24.7 Å². The highest BCUT2D eigenvalue weighted by atomic mass is 16.5. The first-order valence-corrected chi connectivity index (χ1v) is 8.14. The molecule has 0 saturated carbocycles. The molecule has 0 aliphatic carbocycles. The first-order chi connectivity index (χ1) is 8.56. The van der Waals surface area contributed by atoms with Crippen molar-refractivity contribution in [2.75, 3.05) is 13.2 Å². The Morgan fingerprint density at radius 3 is 1.72 bits per heavy atom. The number of ether oxygens (including phenoxy) is 1. The fraction of sp³-hybridized carbons (Fsp3) is 1.00. The lowest BCUT2D eigenvalue weighted by Gasteiger charge is -2.17. The second-order valence-electron chi connectivity index (χ2n) is 6.75. The molecule has 0 saturated heterocycles. The van der Waals surface area contributed by atoms with Gasteiger partial charge in [0, 0.05) is 13.2 Å². The Labute approximate surface area is 116 Å². The van der Waals surface area contributed by atoms with Gasteiger partial charge in [0.2, 0.25) is 0 Å². The molecule has 0 aliphatic rings. The SMILES string of the molecule is CCCCCCCCCCOCCCC(C)(C)C. The van der Waals surface area contributed by atoms with E-state index in [1.165, 1.54) is 64.2 Å². The van der Waals surface area contributed by atoms with Crippen molar-refractivity contribution in [1.29, 1.82) is 0 Å². The van der Waals surface area contributed by atoms with Gasteiger partial charge in [-0.3, -0.25) is 0 Å². The average molecular weight is 256 g/mol. The van der Waals surface area contributed by atoms with E-state index in [0.717, 1.165) is 13.2 Å². The van der Waals surface area contributed by atoms with Crippen LogP contribution in [0.4, 0.5) is 0 Å². The quantitative estimate of drug-likeness (QED) is 0.391. The van der Waals surface area contributed by atoms with Crippen LogP contribution in [0.15, 0.2) is 0 Å². The van der Waals surface area contributed by atoms with Crippen molar-refractivity contribution < 1.29 is 4.74 Å². The molecule has 1 heteroatoms. The van der Waals surface area contributed by atoms with Crippen molar-refractivity contribution in [2.45, 2.75) is 91.9 Å². The third-order valence-corrected chi connectivity index (χ3v) is 3.36. The predicted octanol–water partition coefficient (Wildman–Crippen LogP) is 5.97. The van der Waals surface area contributed by atoms with Crippen LogP contribution in [0.25, 0.3) is 0 Å². The Kier molecular flexibility index (Phi) is 12.0. The molecule has 0 spiro atoms. The van der Waals surface area contributed by atoms with E-state index >= 15 is 0 Å². The minimum atomic E-state index is 0.460. The molecule has 110 valence electrons. The summed E-state index contributed by atoms with van der Waals surface area (Å²) in [5.41, 5.74) is 0.460. The molecular weight excluding hydrogens is 220 g/mol. The molecule has 0 fully saturated rings. The van der Waals surface area contributed by atoms with Crippen LogP contribution in [0.3, 0.4) is 0 Å². The molecule has 0 N–H and O–H groups in total. The highest BCUT2D eigenvalue weighted by Gasteiger charge is 2.08. The second-order valence-corrected chi connectivity index (χ2v) is 6.75. The largest absolute Gasteiger partial charge is 0.381 e. The average Bonchev–Trinajstić information content (AvgIpc) is 2.29. The van der Waals surface area contributed by atoms with Crippen LogP contribution < -0.4 is 0 Å². The van der Waals surface area contributed by atoms with Crippen molar-refractivity contribution in [3.05, 3.63) is 0 Å². The maximum absolute atomic E-state index is 5.67. The summed E-state index contributed by atoms with van der Waals surface area (Å²) in [6.07, 6.45) is 13.5. The van der Waals surface area contributed by atoms with Crippen LogP contribution in [0.5, 0.6) is 0 Å². The lowest BCUT2D eigenvalue weighted by Crippen LogP contribution is -2.07. The summed E-state index contributed by atoms with van der Waals surface area (Å²) in [6.45, 7) is 11.1. The maximum Gasteiger partial charge on any atom is 0.0466 e. The number of hydrogen-bond donors (Lipinski definition) is 0. The fourth-order valence-corrected chi connectivity index (χ4v) is 2.14. The molecule has 0 bridgehead atoms. The predicted molar refractivity (Wildman–Crippen MR) is 82.1 cm³/mol. The van der Waals surface area contributed by atoms with Crippen LogP contribution in [-0.2, 0) is 4.74 Å². The van der Waals surface area contributed by atoms with E-state index in [1.807, 2.05) is 0 Å². The Bertz CT molecular complexity index is 157. The summed E-state index contributed by atoms with van der Waals surface area (Å²) in [5.74, 6) is 0. The van der Waals surface area contributed by atoms with Crippen molar-refractivity contribution in [3.63, 3.8) is 0 Å². The zero-order valence-electron chi connectivity index (χ0n) is 13.4. The molecule has 0 unspecified atom stereocenters. The van der Waals surface area contributed by atoms with E-state index < -0.39 is 0 Å². The summed E-state index contributed by atoms with van der Waals surface area (Å²) in [5, 5.41) is 0. The van der Waals surface area contributed by atoms with Crippen molar-refractivity contribution in [2.24, 2.45) is 5.41 Å². The van der Waals surface area contributed by atoms with Crippen molar-refractivity contribution in [3.8, 4) is 0 Å². The number of unbranched alkanes of at least 4 members (excludes halogenated alkanes) is 7. The molecule has 0 radical (unpaired) electrons. The van der Waals surface area contributed by atoms with E-state index in [1.54, 1.807) is 0 Å². The lowest BCUT2D eigenvalue weighted by atomic mass is 9.91. The molecule has 0 aromatic carbocycles. The van der Waals surface area contributed by atoms with Gasteiger partial charge in [0.1, 0.15) is 0 Å². The summed E-state index contributed by atoms with van der Waals surface area (Å²) in [4.78, 5) is 0. The van der Waals surface area contributed by atoms with Crippen molar-refractivity contribution in [1.82, 2.24) is 0 Å². The van der Waals surface area contributed by atoms with E-state index in [9.17, 15) is 0 Å². The number of rotatable bonds is 12. The molecule has 0 aliphatic heterocycles. The highest BCUT2D eigenvalue weighted by molar-refractivity contribution is 4.60. The molecule has 0 amide bonds. The third-order valence-electron chi connectivity index (χ3n) is 3.36. The third kappa shape index (κ3) is 16.0. The molecule has 0 atom stereocenters. The molecule has 0 aromatic rings. The van der Waals surface area contributed by atoms with Crippen LogP contribution in [0.2, 0.25) is 0 Å². The lowest BCUT2D eigenvalue weighted by molar-refractivity contribution is 0.118. The van der Waals surface area contributed by atoms with E-state index in [4.69, 9.17) is 4.74 Å². The van der Waals surface area contributed by atoms with E-state index in [2.05, 4.69) is 27.7 Å². The Balaban J connectivity index is 2.99. The van der Waals surface area contributed by atoms with Gasteiger partial charge in [-0.1, -0.05) is 72.6 Å². The Hall–Kier alpha value is -0.0400. The molecule has 18 heavy (non-hydrogen) atoms. The minimum Gasteiger partial charge on any atom is -0.381 e. The van der Waals surface area contributed by atoms with E-state index in [-0.39, 0.29) is 0 Å². The molecular formula is C17H36O. The normalized spacial score (nSPS) is 12.0. The standard InChI is InChI=1S/C17H36O/c1-5-6-7-8-9-10-11-12-15-18-16-13-14-17(2,3)4/h5-16H2,1-4H3. The molecule has 0 heterocycles. The van der Waals surface area contributed by atoms with Crippen molar-refractivity contribution >= 4 is 0 Å². The van der Waals surface area contributed by atoms with Gasteiger partial charge < -0.3 is 4.74 Å². The van der Waals surface area contributed by atoms with Gasteiger partial charge >= 0.3 is 0 Å². The highest BCUT2D eigenvalue weighted by Crippen LogP contribution is 2.20. The van der Waals surface area contributed by atoms with Gasteiger partial charge in [-0.25, -0.2) is 0 Å². The first kappa shape index (κ1) is 18.0. The topological polar surface area (TPSA) is 9.23 Å². The monoisotopic (exact) mass is 256 g/mol. The zero-order valence-corrected chi connectivity index (χ0v) is 13.4. The Morgan fingerprint density at radius 2 is 1.17 bits per heavy atom. The summed E-state index contributed by atoms with van der Waals surface area (Å²) in [6, 6.07) is 0.